The summed E-state index contributed by atoms with van der Waals surface area (Å²) >= 11 is 0. The molecule has 0 aliphatic rings. The third kappa shape index (κ3) is 2.09. The third-order valence-electron chi connectivity index (χ3n) is 2.66. The second-order valence-corrected chi connectivity index (χ2v) is 3.73. The molecular weight excluding hydrogens is 232 g/mol. The van der Waals surface area contributed by atoms with E-state index in [0.717, 1.165) is 11.1 Å². The summed E-state index contributed by atoms with van der Waals surface area (Å²) in [6, 6.07) is 9.80. The van der Waals surface area contributed by atoms with Crippen LogP contribution in [-0.2, 0) is 6.42 Å². The van der Waals surface area contributed by atoms with Gasteiger partial charge in [-0.3, -0.25) is 10.1 Å². The molecule has 1 aromatic heterocycles. The number of nitro benzene ring substituents is 1. The first kappa shape index (κ1) is 11.9. The molecule has 0 bridgehead atoms. The molecule has 0 atom stereocenters. The van der Waals surface area contributed by atoms with Crippen molar-refractivity contribution >= 4 is 5.69 Å². The highest BCUT2D eigenvalue weighted by molar-refractivity contribution is 5.65. The molecule has 0 N–H and O–H groups in total. The van der Waals surface area contributed by atoms with Crippen LogP contribution in [0.3, 0.4) is 0 Å². The lowest BCUT2D eigenvalue weighted by Crippen LogP contribution is -1.92. The number of nitro groups is 1. The highest BCUT2D eigenvalue weighted by Gasteiger charge is 2.13. The van der Waals surface area contributed by atoms with Crippen molar-refractivity contribution in [3.05, 3.63) is 51.8 Å². The van der Waals surface area contributed by atoms with E-state index in [9.17, 15) is 10.1 Å². The Morgan fingerprint density at radius 3 is 2.72 bits per heavy atom. The van der Waals surface area contributed by atoms with Crippen LogP contribution >= 0.6 is 0 Å². The van der Waals surface area contributed by atoms with Gasteiger partial charge in [-0.2, -0.15) is 5.26 Å². The second kappa shape index (κ2) is 4.72. The van der Waals surface area contributed by atoms with Gasteiger partial charge in [-0.15, -0.1) is 0 Å². The van der Waals surface area contributed by atoms with Crippen molar-refractivity contribution in [3.63, 3.8) is 0 Å². The van der Waals surface area contributed by atoms with Gasteiger partial charge in [0.15, 0.2) is 0 Å². The zero-order valence-corrected chi connectivity index (χ0v) is 9.71. The number of aryl methyl sites for hydroxylation is 1. The highest BCUT2D eigenvalue weighted by atomic mass is 16.6. The number of rotatable bonds is 3. The maximum Gasteiger partial charge on any atom is 0.269 e. The largest absolute Gasteiger partial charge is 0.446 e. The van der Waals surface area contributed by atoms with Crippen molar-refractivity contribution in [2.24, 2.45) is 0 Å². The van der Waals surface area contributed by atoms with Gasteiger partial charge in [0, 0.05) is 17.7 Å². The van der Waals surface area contributed by atoms with Crippen LogP contribution < -0.4 is 0 Å². The van der Waals surface area contributed by atoms with Crippen molar-refractivity contribution in [2.75, 3.05) is 0 Å². The Labute approximate surface area is 103 Å². The van der Waals surface area contributed by atoms with E-state index in [1.54, 1.807) is 18.2 Å². The minimum Gasteiger partial charge on any atom is -0.446 e. The molecule has 90 valence electrons. The lowest BCUT2D eigenvalue weighted by molar-refractivity contribution is -0.384. The average molecular weight is 242 g/mol. The monoisotopic (exact) mass is 242 g/mol. The van der Waals surface area contributed by atoms with Crippen LogP contribution in [0.1, 0.15) is 18.2 Å². The highest BCUT2D eigenvalue weighted by Crippen LogP contribution is 2.29. The van der Waals surface area contributed by atoms with Crippen LogP contribution in [0.4, 0.5) is 5.69 Å². The minimum absolute atomic E-state index is 0.0580. The predicted molar refractivity (Wildman–Crippen MR) is 64.9 cm³/mol. The van der Waals surface area contributed by atoms with Gasteiger partial charge in [-0.1, -0.05) is 6.92 Å². The minimum atomic E-state index is -0.425. The topological polar surface area (TPSA) is 80.1 Å². The molecule has 2 aromatic rings. The second-order valence-electron chi connectivity index (χ2n) is 3.73. The number of benzene rings is 1. The molecule has 1 aromatic carbocycles. The lowest BCUT2D eigenvalue weighted by atomic mass is 10.0. The first-order chi connectivity index (χ1) is 8.65. The van der Waals surface area contributed by atoms with Gasteiger partial charge in [0.05, 0.1) is 4.92 Å². The van der Waals surface area contributed by atoms with Crippen LogP contribution in [0.5, 0.6) is 0 Å². The van der Waals surface area contributed by atoms with E-state index in [0.29, 0.717) is 12.2 Å². The fraction of sp³-hybridized carbons (Fsp3) is 0.154. The van der Waals surface area contributed by atoms with Gasteiger partial charge in [-0.05, 0) is 30.2 Å². The number of non-ortho nitro benzene ring substituents is 1. The van der Waals surface area contributed by atoms with Crippen molar-refractivity contribution in [3.8, 4) is 17.4 Å². The summed E-state index contributed by atoms with van der Waals surface area (Å²) in [5.41, 5.74) is 1.66. The smallest absolute Gasteiger partial charge is 0.269 e. The Morgan fingerprint density at radius 1 is 1.39 bits per heavy atom. The van der Waals surface area contributed by atoms with Crippen molar-refractivity contribution < 1.29 is 9.34 Å². The summed E-state index contributed by atoms with van der Waals surface area (Å²) in [6.45, 7) is 1.91. The number of nitriles is 1. The van der Waals surface area contributed by atoms with Gasteiger partial charge >= 0.3 is 0 Å². The molecule has 0 saturated carbocycles. The predicted octanol–water partition coefficient (Wildman–Crippen LogP) is 3.29. The van der Waals surface area contributed by atoms with E-state index in [2.05, 4.69) is 0 Å². The van der Waals surface area contributed by atoms with Crippen LogP contribution in [0, 0.1) is 21.4 Å². The van der Waals surface area contributed by atoms with Gasteiger partial charge in [0.1, 0.15) is 11.8 Å². The normalized spacial score (nSPS) is 10.0. The third-order valence-corrected chi connectivity index (χ3v) is 2.66. The number of hydrogen-bond acceptors (Lipinski definition) is 4. The number of furan rings is 1. The molecule has 0 saturated heterocycles. The van der Waals surface area contributed by atoms with Crippen LogP contribution in [-0.4, -0.2) is 4.92 Å². The van der Waals surface area contributed by atoms with Gasteiger partial charge in [-0.25, -0.2) is 0 Å². The average Bonchev–Trinajstić information content (AvgIpc) is 2.86. The molecule has 0 spiro atoms. The first-order valence-corrected chi connectivity index (χ1v) is 5.43. The van der Waals surface area contributed by atoms with E-state index in [4.69, 9.17) is 9.68 Å². The zero-order valence-electron chi connectivity index (χ0n) is 9.71. The first-order valence-electron chi connectivity index (χ1n) is 5.43. The Bertz CT molecular complexity index is 638. The molecule has 2 rings (SSSR count). The summed E-state index contributed by atoms with van der Waals surface area (Å²) in [5, 5.41) is 19.4. The number of nitrogens with zero attached hydrogens (tertiary/aromatic N) is 2. The summed E-state index contributed by atoms with van der Waals surface area (Å²) in [4.78, 5) is 10.3. The van der Waals surface area contributed by atoms with Crippen molar-refractivity contribution in [1.82, 2.24) is 0 Å². The summed E-state index contributed by atoms with van der Waals surface area (Å²) in [5.74, 6) is 0.781. The summed E-state index contributed by atoms with van der Waals surface area (Å²) in [7, 11) is 0. The van der Waals surface area contributed by atoms with Crippen LogP contribution in [0.15, 0.2) is 34.7 Å². The van der Waals surface area contributed by atoms with Crippen molar-refractivity contribution in [2.45, 2.75) is 13.3 Å². The Balaban J connectivity index is 2.51. The molecule has 0 unspecified atom stereocenters. The molecule has 5 heteroatoms. The van der Waals surface area contributed by atoms with Gasteiger partial charge < -0.3 is 4.42 Å². The lowest BCUT2D eigenvalue weighted by Gasteiger charge is -2.04. The van der Waals surface area contributed by atoms with E-state index in [1.807, 2.05) is 13.0 Å². The molecule has 5 nitrogen and oxygen atoms in total. The molecule has 18 heavy (non-hydrogen) atoms. The molecule has 0 aliphatic carbocycles. The maximum atomic E-state index is 10.7. The Hall–Kier alpha value is -2.61. The van der Waals surface area contributed by atoms with Crippen LogP contribution in [0.2, 0.25) is 0 Å². The molecule has 0 fully saturated rings. The maximum absolute atomic E-state index is 10.7. The molecular formula is C13H10N2O3. The van der Waals surface area contributed by atoms with E-state index in [-0.39, 0.29) is 11.4 Å². The quantitative estimate of drug-likeness (QED) is 0.611. The summed E-state index contributed by atoms with van der Waals surface area (Å²) < 4.78 is 5.33. The van der Waals surface area contributed by atoms with Gasteiger partial charge in [0.25, 0.3) is 5.69 Å². The van der Waals surface area contributed by atoms with Gasteiger partial charge in [0.2, 0.25) is 5.76 Å². The Morgan fingerprint density at radius 2 is 2.17 bits per heavy atom. The summed E-state index contributed by atoms with van der Waals surface area (Å²) in [6.07, 6.45) is 0.652. The zero-order chi connectivity index (χ0) is 13.1. The fourth-order valence-electron chi connectivity index (χ4n) is 1.77. The fourth-order valence-corrected chi connectivity index (χ4v) is 1.77. The number of hydrogen-bond donors (Lipinski definition) is 0. The SMILES string of the molecule is CCc1cc([N+](=O)[O-])ccc1-c1ccc(C#N)o1. The van der Waals surface area contributed by atoms with Crippen molar-refractivity contribution in [1.29, 1.82) is 5.26 Å². The van der Waals surface area contributed by atoms with E-state index >= 15 is 0 Å². The standard InChI is InChI=1S/C13H10N2O3/c1-2-9-7-10(15(16)17)3-5-12(9)13-6-4-11(8-14)18-13/h3-7H,2H2,1H3. The van der Waals surface area contributed by atoms with E-state index < -0.39 is 4.92 Å². The van der Waals surface area contributed by atoms with E-state index in [1.165, 1.54) is 12.1 Å². The molecule has 0 aliphatic heterocycles. The Kier molecular flexibility index (Phi) is 3.11. The molecule has 1 heterocycles. The molecule has 0 radical (unpaired) electrons. The molecule has 0 amide bonds. The van der Waals surface area contributed by atoms with Crippen LogP contribution in [0.25, 0.3) is 11.3 Å².